The molecule has 3 aromatic rings. The molecule has 0 saturated carbocycles. The van der Waals surface area contributed by atoms with E-state index in [1.807, 2.05) is 0 Å². The van der Waals surface area contributed by atoms with Gasteiger partial charge in [0, 0.05) is 5.56 Å². The second-order valence-electron chi connectivity index (χ2n) is 5.85. The molecule has 0 fully saturated rings. The molecule has 0 bridgehead atoms. The molecule has 1 aromatic heterocycles. The van der Waals surface area contributed by atoms with E-state index >= 15 is 0 Å². The van der Waals surface area contributed by atoms with Gasteiger partial charge in [-0.15, -0.1) is 0 Å². The van der Waals surface area contributed by atoms with E-state index in [4.69, 9.17) is 9.15 Å². The average Bonchev–Trinajstić information content (AvgIpc) is 3.18. The number of ether oxygens (including phenoxy) is 1. The smallest absolute Gasteiger partial charge is 0.416 e. The number of hydrogen-bond donors (Lipinski definition) is 1. The van der Waals surface area contributed by atoms with E-state index in [0.717, 1.165) is 18.2 Å². The second kappa shape index (κ2) is 8.17. The van der Waals surface area contributed by atoms with Crippen molar-refractivity contribution < 1.29 is 36.3 Å². The minimum absolute atomic E-state index is 0.0267. The zero-order valence-corrected chi connectivity index (χ0v) is 14.6. The lowest BCUT2D eigenvalue weighted by Gasteiger charge is -2.07. The third kappa shape index (κ3) is 5.01. The maximum Gasteiger partial charge on any atom is 0.416 e. The Labute approximate surface area is 161 Å². The number of rotatable bonds is 5. The highest BCUT2D eigenvalue weighted by atomic mass is 19.4. The van der Waals surface area contributed by atoms with Gasteiger partial charge >= 0.3 is 12.1 Å². The lowest BCUT2D eigenvalue weighted by Crippen LogP contribution is -2.21. The Morgan fingerprint density at radius 1 is 1.00 bits per heavy atom. The van der Waals surface area contributed by atoms with Crippen molar-refractivity contribution in [1.82, 2.24) is 0 Å². The van der Waals surface area contributed by atoms with E-state index in [1.165, 1.54) is 42.5 Å². The third-order valence-electron chi connectivity index (χ3n) is 3.76. The first-order valence-corrected chi connectivity index (χ1v) is 8.23. The topological polar surface area (TPSA) is 68.5 Å². The number of benzene rings is 2. The van der Waals surface area contributed by atoms with Crippen LogP contribution in [0.5, 0.6) is 0 Å². The fourth-order valence-corrected chi connectivity index (χ4v) is 2.40. The molecule has 0 saturated heterocycles. The van der Waals surface area contributed by atoms with Crippen molar-refractivity contribution in [2.75, 3.05) is 11.9 Å². The van der Waals surface area contributed by atoms with Crippen LogP contribution in [0.25, 0.3) is 11.3 Å². The van der Waals surface area contributed by atoms with Gasteiger partial charge in [-0.2, -0.15) is 13.2 Å². The van der Waals surface area contributed by atoms with Crippen LogP contribution in [-0.4, -0.2) is 18.5 Å². The largest absolute Gasteiger partial charge is 0.450 e. The molecule has 5 nitrogen and oxygen atoms in total. The van der Waals surface area contributed by atoms with E-state index in [9.17, 15) is 27.2 Å². The number of hydrogen-bond acceptors (Lipinski definition) is 4. The van der Waals surface area contributed by atoms with Crippen molar-refractivity contribution in [3.63, 3.8) is 0 Å². The van der Waals surface area contributed by atoms with Gasteiger partial charge in [0.05, 0.1) is 11.3 Å². The van der Waals surface area contributed by atoms with Crippen LogP contribution in [0.15, 0.2) is 65.1 Å². The summed E-state index contributed by atoms with van der Waals surface area (Å²) in [5.41, 5.74) is -0.810. The highest BCUT2D eigenvalue weighted by Gasteiger charge is 2.30. The molecular formula is C20H13F4NO4. The molecule has 2 aromatic carbocycles. The summed E-state index contributed by atoms with van der Waals surface area (Å²) in [6, 6.07) is 12.4. The Balaban J connectivity index is 1.62. The SMILES string of the molecule is O=C(COC(=O)c1ccc(-c2cccc(C(F)(F)F)c2)o1)Nc1ccccc1F. The van der Waals surface area contributed by atoms with Crippen LogP contribution >= 0.6 is 0 Å². The number of para-hydroxylation sites is 1. The molecule has 3 rings (SSSR count). The minimum Gasteiger partial charge on any atom is -0.450 e. The fourth-order valence-electron chi connectivity index (χ4n) is 2.40. The van der Waals surface area contributed by atoms with E-state index in [0.29, 0.717) is 0 Å². The summed E-state index contributed by atoms with van der Waals surface area (Å²) in [5, 5.41) is 2.24. The van der Waals surface area contributed by atoms with Gasteiger partial charge in [-0.05, 0) is 36.4 Å². The van der Waals surface area contributed by atoms with Gasteiger partial charge in [-0.3, -0.25) is 4.79 Å². The van der Waals surface area contributed by atoms with Crippen molar-refractivity contribution in [1.29, 1.82) is 0 Å². The maximum atomic E-state index is 13.5. The molecule has 0 aliphatic carbocycles. The molecule has 1 amide bonds. The summed E-state index contributed by atoms with van der Waals surface area (Å²) in [5.74, 6) is -2.68. The highest BCUT2D eigenvalue weighted by molar-refractivity contribution is 5.94. The highest BCUT2D eigenvalue weighted by Crippen LogP contribution is 2.32. The molecule has 1 N–H and O–H groups in total. The maximum absolute atomic E-state index is 13.5. The summed E-state index contributed by atoms with van der Waals surface area (Å²) in [4.78, 5) is 23.8. The fraction of sp³-hybridized carbons (Fsp3) is 0.100. The second-order valence-corrected chi connectivity index (χ2v) is 5.85. The van der Waals surface area contributed by atoms with Crippen LogP contribution in [-0.2, 0) is 15.7 Å². The van der Waals surface area contributed by atoms with Crippen LogP contribution in [0.1, 0.15) is 16.1 Å². The molecule has 0 spiro atoms. The van der Waals surface area contributed by atoms with Gasteiger partial charge in [-0.25, -0.2) is 9.18 Å². The van der Waals surface area contributed by atoms with E-state index < -0.39 is 36.0 Å². The van der Waals surface area contributed by atoms with Gasteiger partial charge in [-0.1, -0.05) is 24.3 Å². The van der Waals surface area contributed by atoms with Crippen LogP contribution in [0.3, 0.4) is 0 Å². The summed E-state index contributed by atoms with van der Waals surface area (Å²) in [6.07, 6.45) is -4.52. The Kier molecular flexibility index (Phi) is 5.67. The van der Waals surface area contributed by atoms with Crippen molar-refractivity contribution in [3.05, 3.63) is 77.8 Å². The molecule has 0 unspecified atom stereocenters. The number of halogens is 4. The quantitative estimate of drug-likeness (QED) is 0.483. The van der Waals surface area contributed by atoms with Crippen LogP contribution < -0.4 is 5.32 Å². The predicted molar refractivity (Wildman–Crippen MR) is 94.5 cm³/mol. The lowest BCUT2D eigenvalue weighted by molar-refractivity contribution is -0.137. The molecule has 1 heterocycles. The monoisotopic (exact) mass is 407 g/mol. The van der Waals surface area contributed by atoms with E-state index in [-0.39, 0.29) is 22.8 Å². The zero-order chi connectivity index (χ0) is 21.0. The van der Waals surface area contributed by atoms with Crippen LogP contribution in [0.4, 0.5) is 23.2 Å². The van der Waals surface area contributed by atoms with Crippen LogP contribution in [0.2, 0.25) is 0 Å². The molecule has 0 radical (unpaired) electrons. The van der Waals surface area contributed by atoms with Gasteiger partial charge < -0.3 is 14.5 Å². The summed E-state index contributed by atoms with van der Waals surface area (Å²) >= 11 is 0. The molecule has 9 heteroatoms. The van der Waals surface area contributed by atoms with E-state index in [2.05, 4.69) is 5.32 Å². The number of carbonyl (C=O) groups excluding carboxylic acids is 2. The van der Waals surface area contributed by atoms with Crippen molar-refractivity contribution >= 4 is 17.6 Å². The van der Waals surface area contributed by atoms with Gasteiger partial charge in [0.1, 0.15) is 11.6 Å². The molecular weight excluding hydrogens is 394 g/mol. The number of anilines is 1. The van der Waals surface area contributed by atoms with Crippen molar-refractivity contribution in [2.24, 2.45) is 0 Å². The molecule has 150 valence electrons. The summed E-state index contributed by atoms with van der Waals surface area (Å²) in [6.45, 7) is -0.702. The number of carbonyl (C=O) groups is 2. The molecule has 0 aliphatic heterocycles. The summed E-state index contributed by atoms with van der Waals surface area (Å²) < 4.78 is 61.9. The minimum atomic E-state index is -4.52. The predicted octanol–water partition coefficient (Wildman–Crippen LogP) is 4.90. The zero-order valence-electron chi connectivity index (χ0n) is 14.6. The summed E-state index contributed by atoms with van der Waals surface area (Å²) in [7, 11) is 0. The number of nitrogens with one attached hydrogen (secondary N) is 1. The Morgan fingerprint density at radius 2 is 1.76 bits per heavy atom. The van der Waals surface area contributed by atoms with Gasteiger partial charge in [0.15, 0.2) is 6.61 Å². The van der Waals surface area contributed by atoms with Gasteiger partial charge in [0.25, 0.3) is 5.91 Å². The normalized spacial score (nSPS) is 11.2. The number of esters is 1. The van der Waals surface area contributed by atoms with Crippen molar-refractivity contribution in [3.8, 4) is 11.3 Å². The molecule has 0 atom stereocenters. The van der Waals surface area contributed by atoms with E-state index in [1.54, 1.807) is 0 Å². The first-order chi connectivity index (χ1) is 13.7. The third-order valence-corrected chi connectivity index (χ3v) is 3.76. The number of furan rings is 1. The standard InChI is InChI=1S/C20H13F4NO4/c21-14-6-1-2-7-15(14)25-18(26)11-28-19(27)17-9-8-16(29-17)12-4-3-5-13(10-12)20(22,23)24/h1-10H,11H2,(H,25,26). The molecule has 29 heavy (non-hydrogen) atoms. The van der Waals surface area contributed by atoms with Gasteiger partial charge in [0.2, 0.25) is 5.76 Å². The first-order valence-electron chi connectivity index (χ1n) is 8.23. The number of alkyl halides is 3. The Hall–Kier alpha value is -3.62. The average molecular weight is 407 g/mol. The van der Waals surface area contributed by atoms with Crippen LogP contribution in [0, 0.1) is 5.82 Å². The first kappa shape index (κ1) is 20.1. The lowest BCUT2D eigenvalue weighted by atomic mass is 10.1. The molecule has 0 aliphatic rings. The Bertz CT molecular complexity index is 1040. The Morgan fingerprint density at radius 3 is 2.48 bits per heavy atom. The van der Waals surface area contributed by atoms with Crippen molar-refractivity contribution in [2.45, 2.75) is 6.18 Å². The number of amides is 1.